The molecule has 1 rings (SSSR count). The van der Waals surface area contributed by atoms with E-state index >= 15 is 0 Å². The topological polar surface area (TPSA) is 52.6 Å². The van der Waals surface area contributed by atoms with Gasteiger partial charge in [-0.3, -0.25) is 9.59 Å². The first-order valence-corrected chi connectivity index (χ1v) is 5.73. The van der Waals surface area contributed by atoms with Crippen molar-refractivity contribution in [3.05, 3.63) is 29.8 Å². The van der Waals surface area contributed by atoms with E-state index in [-0.39, 0.29) is 5.97 Å². The van der Waals surface area contributed by atoms with Crippen LogP contribution in [-0.4, -0.2) is 19.0 Å². The van der Waals surface area contributed by atoms with Crippen LogP contribution in [0.1, 0.15) is 19.4 Å². The lowest BCUT2D eigenvalue weighted by Gasteiger charge is -2.19. The van der Waals surface area contributed by atoms with Gasteiger partial charge in [-0.25, -0.2) is 0 Å². The zero-order valence-electron chi connectivity index (χ0n) is 9.82. The molecule has 0 saturated heterocycles. The van der Waals surface area contributed by atoms with Crippen LogP contribution < -0.4 is 4.74 Å². The summed E-state index contributed by atoms with van der Waals surface area (Å²) in [5, 5.41) is 0. The van der Waals surface area contributed by atoms with Crippen LogP contribution in [0.5, 0.6) is 5.75 Å². The third kappa shape index (κ3) is 3.30. The van der Waals surface area contributed by atoms with Gasteiger partial charge < -0.3 is 9.47 Å². The summed E-state index contributed by atoms with van der Waals surface area (Å²) < 4.78 is 8.69. The van der Waals surface area contributed by atoms with Gasteiger partial charge in [-0.15, -0.1) is 0 Å². The fraction of sp³-hybridized carbons (Fsp3) is 0.333. The van der Waals surface area contributed by atoms with Crippen LogP contribution in [0.25, 0.3) is 0 Å². The largest absolute Gasteiger partial charge is 0.468 e. The summed E-state index contributed by atoms with van der Waals surface area (Å²) in [6, 6.07) is 6.65. The number of rotatable bonds is 3. The van der Waals surface area contributed by atoms with Crippen molar-refractivity contribution in [2.75, 3.05) is 7.11 Å². The van der Waals surface area contributed by atoms with Crippen molar-refractivity contribution in [3.63, 3.8) is 0 Å². The lowest BCUT2D eigenvalue weighted by molar-refractivity contribution is -0.143. The number of methoxy groups -OCH3 is 1. The minimum absolute atomic E-state index is 0.382. The van der Waals surface area contributed by atoms with Crippen LogP contribution >= 0.6 is 15.9 Å². The maximum absolute atomic E-state index is 11.5. The van der Waals surface area contributed by atoms with Crippen molar-refractivity contribution in [1.29, 1.82) is 0 Å². The van der Waals surface area contributed by atoms with Crippen LogP contribution in [0.3, 0.4) is 0 Å². The van der Waals surface area contributed by atoms with Crippen molar-refractivity contribution in [2.24, 2.45) is 0 Å². The zero-order valence-corrected chi connectivity index (χ0v) is 11.4. The Hall–Kier alpha value is -1.36. The molecule has 0 heterocycles. The highest BCUT2D eigenvalue weighted by Gasteiger charge is 2.33. The van der Waals surface area contributed by atoms with Gasteiger partial charge in [-0.05, 0) is 24.6 Å². The molecule has 0 saturated carbocycles. The molecule has 0 fully saturated rings. The summed E-state index contributed by atoms with van der Waals surface area (Å²) in [6.07, 6.45) is 0. The molecule has 0 aliphatic heterocycles. The fourth-order valence-electron chi connectivity index (χ4n) is 1.31. The molecule has 1 aromatic carbocycles. The Morgan fingerprint density at radius 1 is 1.24 bits per heavy atom. The Kier molecular flexibility index (Phi) is 4.28. The maximum atomic E-state index is 11.5. The molecule has 4 nitrogen and oxygen atoms in total. The van der Waals surface area contributed by atoms with Gasteiger partial charge in [0.25, 0.3) is 0 Å². The molecule has 0 aromatic heterocycles. The summed E-state index contributed by atoms with van der Waals surface area (Å²) >= 11 is 3.31. The Morgan fingerprint density at radius 2 is 1.76 bits per heavy atom. The molecule has 0 spiro atoms. The van der Waals surface area contributed by atoms with Crippen molar-refractivity contribution in [2.45, 2.75) is 18.2 Å². The normalized spacial score (nSPS) is 13.6. The SMILES string of the molecule is COC(=O)C(C)(Br)c1ccc(OC(C)=O)cc1. The van der Waals surface area contributed by atoms with Crippen LogP contribution in [0.4, 0.5) is 0 Å². The molecule has 1 unspecified atom stereocenters. The second kappa shape index (κ2) is 5.31. The number of halogens is 1. The van der Waals surface area contributed by atoms with Gasteiger partial charge in [-0.2, -0.15) is 0 Å². The Balaban J connectivity index is 2.94. The molecule has 0 aliphatic carbocycles. The number of esters is 2. The van der Waals surface area contributed by atoms with Gasteiger partial charge in [0.05, 0.1) is 7.11 Å². The molecule has 1 aromatic rings. The van der Waals surface area contributed by atoms with Gasteiger partial charge in [0, 0.05) is 6.92 Å². The van der Waals surface area contributed by atoms with Gasteiger partial charge >= 0.3 is 11.9 Å². The predicted molar refractivity (Wildman–Crippen MR) is 66.0 cm³/mol. The predicted octanol–water partition coefficient (Wildman–Crippen LogP) is 2.40. The minimum Gasteiger partial charge on any atom is -0.468 e. The van der Waals surface area contributed by atoms with Crippen LogP contribution in [0.15, 0.2) is 24.3 Å². The van der Waals surface area contributed by atoms with Crippen LogP contribution in [-0.2, 0) is 18.7 Å². The van der Waals surface area contributed by atoms with Crippen LogP contribution in [0, 0.1) is 0 Å². The van der Waals surface area contributed by atoms with E-state index in [1.54, 1.807) is 31.2 Å². The van der Waals surface area contributed by atoms with Crippen molar-refractivity contribution < 1.29 is 19.1 Å². The summed E-state index contributed by atoms with van der Waals surface area (Å²) in [5.74, 6) is -0.334. The molecular weight excluding hydrogens is 288 g/mol. The Morgan fingerprint density at radius 3 is 2.18 bits per heavy atom. The lowest BCUT2D eigenvalue weighted by Crippen LogP contribution is -2.26. The van der Waals surface area contributed by atoms with Crippen molar-refractivity contribution >= 4 is 27.9 Å². The fourth-order valence-corrected chi connectivity index (χ4v) is 1.74. The van der Waals surface area contributed by atoms with Gasteiger partial charge in [0.15, 0.2) is 0 Å². The monoisotopic (exact) mass is 300 g/mol. The van der Waals surface area contributed by atoms with E-state index in [0.717, 1.165) is 5.56 Å². The standard InChI is InChI=1S/C12H13BrO4/c1-8(14)17-10-6-4-9(5-7-10)12(2,13)11(15)16-3/h4-7H,1-3H3. The van der Waals surface area contributed by atoms with E-state index < -0.39 is 10.3 Å². The zero-order chi connectivity index (χ0) is 13.1. The Labute approximate surface area is 108 Å². The molecule has 0 bridgehead atoms. The maximum Gasteiger partial charge on any atom is 0.326 e. The molecule has 92 valence electrons. The van der Waals surface area contributed by atoms with E-state index in [4.69, 9.17) is 9.47 Å². The van der Waals surface area contributed by atoms with Gasteiger partial charge in [0.1, 0.15) is 10.1 Å². The quantitative estimate of drug-likeness (QED) is 0.489. The van der Waals surface area contributed by atoms with Crippen molar-refractivity contribution in [3.8, 4) is 5.75 Å². The van der Waals surface area contributed by atoms with Crippen LogP contribution in [0.2, 0.25) is 0 Å². The molecule has 17 heavy (non-hydrogen) atoms. The van der Waals surface area contributed by atoms with E-state index in [0.29, 0.717) is 5.75 Å². The average Bonchev–Trinajstić information content (AvgIpc) is 2.27. The second-order valence-corrected chi connectivity index (χ2v) is 5.20. The Bertz CT molecular complexity index is 423. The van der Waals surface area contributed by atoms with E-state index in [1.165, 1.54) is 14.0 Å². The van der Waals surface area contributed by atoms with Gasteiger partial charge in [-0.1, -0.05) is 28.1 Å². The molecule has 1 atom stereocenters. The lowest BCUT2D eigenvalue weighted by atomic mass is 10.0. The number of alkyl halides is 1. The summed E-state index contributed by atoms with van der Waals surface area (Å²) in [5.41, 5.74) is 0.722. The highest BCUT2D eigenvalue weighted by Crippen LogP contribution is 2.33. The molecule has 0 aliphatic rings. The van der Waals surface area contributed by atoms with Crippen molar-refractivity contribution in [1.82, 2.24) is 0 Å². The molecule has 5 heteroatoms. The third-order valence-electron chi connectivity index (χ3n) is 2.23. The second-order valence-electron chi connectivity index (χ2n) is 3.61. The number of carbonyl (C=O) groups is 2. The average molecular weight is 301 g/mol. The summed E-state index contributed by atoms with van der Waals surface area (Å²) in [6.45, 7) is 3.02. The summed E-state index contributed by atoms with van der Waals surface area (Å²) in [4.78, 5) is 22.3. The number of ether oxygens (including phenoxy) is 2. The molecule has 0 N–H and O–H groups in total. The first kappa shape index (κ1) is 13.7. The minimum atomic E-state index is -0.906. The smallest absolute Gasteiger partial charge is 0.326 e. The molecule has 0 amide bonds. The highest BCUT2D eigenvalue weighted by molar-refractivity contribution is 9.10. The van der Waals surface area contributed by atoms with E-state index in [2.05, 4.69) is 15.9 Å². The number of benzene rings is 1. The number of carbonyl (C=O) groups excluding carboxylic acids is 2. The van der Waals surface area contributed by atoms with Gasteiger partial charge in [0.2, 0.25) is 0 Å². The molecular formula is C12H13BrO4. The number of hydrogen-bond acceptors (Lipinski definition) is 4. The third-order valence-corrected chi connectivity index (χ3v) is 3.01. The van der Waals surface area contributed by atoms with E-state index in [1.807, 2.05) is 0 Å². The first-order chi connectivity index (χ1) is 7.87. The van der Waals surface area contributed by atoms with E-state index in [9.17, 15) is 9.59 Å². The highest BCUT2D eigenvalue weighted by atomic mass is 79.9. The first-order valence-electron chi connectivity index (χ1n) is 4.94. The molecule has 0 radical (unpaired) electrons. The summed E-state index contributed by atoms with van der Waals surface area (Å²) in [7, 11) is 1.33. The number of hydrogen-bond donors (Lipinski definition) is 0.